The third-order valence-electron chi connectivity index (χ3n) is 4.71. The van der Waals surface area contributed by atoms with E-state index in [2.05, 4.69) is 41.2 Å². The summed E-state index contributed by atoms with van der Waals surface area (Å²) in [6.45, 7) is 7.25. The van der Waals surface area contributed by atoms with Crippen molar-refractivity contribution in [1.82, 2.24) is 19.7 Å². The number of hydrogen-bond acceptors (Lipinski definition) is 6. The zero-order valence-electron chi connectivity index (χ0n) is 17.7. The lowest BCUT2D eigenvalue weighted by atomic mass is 9.92. The Kier molecular flexibility index (Phi) is 5.82. The molecule has 0 atom stereocenters. The summed E-state index contributed by atoms with van der Waals surface area (Å²) in [5, 5.41) is 7.97. The number of fused-ring (bicyclic) bond motifs is 1. The third-order valence-corrected chi connectivity index (χ3v) is 4.99. The van der Waals surface area contributed by atoms with E-state index < -0.39 is 0 Å². The van der Waals surface area contributed by atoms with Crippen LogP contribution in [0.2, 0.25) is 5.02 Å². The maximum atomic E-state index is 12.9. The van der Waals surface area contributed by atoms with Gasteiger partial charge in [0.05, 0.1) is 30.4 Å². The smallest absolute Gasteiger partial charge is 0.252 e. The van der Waals surface area contributed by atoms with E-state index in [0.29, 0.717) is 41.5 Å². The Morgan fingerprint density at radius 2 is 1.90 bits per heavy atom. The molecular formula is C22H24ClN5O3. The highest BCUT2D eigenvalue weighted by Crippen LogP contribution is 2.38. The first-order valence-corrected chi connectivity index (χ1v) is 10.4. The molecule has 4 rings (SSSR count). The van der Waals surface area contributed by atoms with E-state index in [1.807, 2.05) is 6.07 Å². The summed E-state index contributed by atoms with van der Waals surface area (Å²) in [5.74, 6) is 1.75. The fraction of sp³-hybridized carbons (Fsp3) is 0.364. The number of rotatable bonds is 4. The molecule has 9 heteroatoms. The number of carbonyl (C=O) groups excluding carboxylic acids is 1. The minimum Gasteiger partial charge on any atom is -0.489 e. The summed E-state index contributed by atoms with van der Waals surface area (Å²) in [6, 6.07) is 7.09. The Labute approximate surface area is 185 Å². The first kappa shape index (κ1) is 21.1. The molecule has 0 spiro atoms. The number of aromatic nitrogens is 4. The van der Waals surface area contributed by atoms with E-state index in [1.54, 1.807) is 35.3 Å². The molecule has 3 aromatic rings. The van der Waals surface area contributed by atoms with Crippen LogP contribution in [0, 0.1) is 0 Å². The fourth-order valence-electron chi connectivity index (χ4n) is 3.15. The summed E-state index contributed by atoms with van der Waals surface area (Å²) in [5.41, 5.74) is 1.33. The number of nitrogens with zero attached hydrogens (tertiary/aromatic N) is 4. The quantitative estimate of drug-likeness (QED) is 0.659. The molecule has 1 amide bonds. The van der Waals surface area contributed by atoms with Crippen molar-refractivity contribution in [3.05, 3.63) is 52.9 Å². The van der Waals surface area contributed by atoms with Crippen molar-refractivity contribution in [1.29, 1.82) is 0 Å². The molecule has 8 nitrogen and oxygen atoms in total. The first-order chi connectivity index (χ1) is 14.8. The summed E-state index contributed by atoms with van der Waals surface area (Å²) in [7, 11) is 0. The van der Waals surface area contributed by atoms with Crippen LogP contribution in [0.4, 0.5) is 5.82 Å². The molecule has 0 saturated heterocycles. The normalized spacial score (nSPS) is 13.5. The lowest BCUT2D eigenvalue weighted by molar-refractivity contribution is -0.115. The van der Waals surface area contributed by atoms with Crippen LogP contribution in [0.3, 0.4) is 0 Å². The van der Waals surface area contributed by atoms with Gasteiger partial charge in [-0.2, -0.15) is 9.78 Å². The predicted molar refractivity (Wildman–Crippen MR) is 117 cm³/mol. The van der Waals surface area contributed by atoms with Gasteiger partial charge in [-0.1, -0.05) is 32.4 Å². The Balaban J connectivity index is 1.58. The minimum absolute atomic E-state index is 0.113. The van der Waals surface area contributed by atoms with Gasteiger partial charge in [-0.3, -0.25) is 4.79 Å². The van der Waals surface area contributed by atoms with Crippen molar-refractivity contribution in [2.24, 2.45) is 0 Å². The molecule has 1 aliphatic rings. The highest BCUT2D eigenvalue weighted by molar-refractivity contribution is 6.32. The standard InChI is InChI=1S/C22H24ClN5O3/c1-22(2,3)17-13-18(28(27-17)21-24-6-4-7-25-21)26-19(29)12-14-10-15(23)20-16(11-14)30-8-5-9-31-20/h4,6-7,10-11,13H,5,8-9,12H2,1-3H3,(H,26,29). The average molecular weight is 442 g/mol. The van der Waals surface area contributed by atoms with Gasteiger partial charge >= 0.3 is 0 Å². The molecule has 0 bridgehead atoms. The summed E-state index contributed by atoms with van der Waals surface area (Å²) in [4.78, 5) is 21.4. The van der Waals surface area contributed by atoms with Crippen LogP contribution in [0.1, 0.15) is 38.4 Å². The third kappa shape index (κ3) is 4.80. The zero-order valence-corrected chi connectivity index (χ0v) is 18.4. The lowest BCUT2D eigenvalue weighted by Gasteiger charge is -2.13. The van der Waals surface area contributed by atoms with Gasteiger partial charge in [0.1, 0.15) is 5.82 Å². The Bertz CT molecular complexity index is 1090. The zero-order chi connectivity index (χ0) is 22.0. The molecule has 0 radical (unpaired) electrons. The molecule has 1 aliphatic heterocycles. The summed E-state index contributed by atoms with van der Waals surface area (Å²) >= 11 is 6.35. The Hall–Kier alpha value is -3.13. The van der Waals surface area contributed by atoms with E-state index in [0.717, 1.165) is 17.7 Å². The number of hydrogen-bond donors (Lipinski definition) is 1. The van der Waals surface area contributed by atoms with E-state index in [4.69, 9.17) is 21.1 Å². The van der Waals surface area contributed by atoms with Crippen LogP contribution in [-0.2, 0) is 16.6 Å². The molecular weight excluding hydrogens is 418 g/mol. The van der Waals surface area contributed by atoms with Crippen LogP contribution in [0.5, 0.6) is 11.5 Å². The number of carbonyl (C=O) groups is 1. The van der Waals surface area contributed by atoms with Crippen molar-refractivity contribution >= 4 is 23.3 Å². The number of benzene rings is 1. The largest absolute Gasteiger partial charge is 0.489 e. The molecule has 1 aromatic carbocycles. The van der Waals surface area contributed by atoms with E-state index in [-0.39, 0.29) is 17.7 Å². The van der Waals surface area contributed by atoms with E-state index in [9.17, 15) is 4.79 Å². The maximum absolute atomic E-state index is 12.9. The Morgan fingerprint density at radius 3 is 2.65 bits per heavy atom. The molecule has 0 fully saturated rings. The fourth-order valence-corrected chi connectivity index (χ4v) is 3.44. The predicted octanol–water partition coefficient (Wildman–Crippen LogP) is 3.96. The maximum Gasteiger partial charge on any atom is 0.252 e. The summed E-state index contributed by atoms with van der Waals surface area (Å²) < 4.78 is 12.9. The van der Waals surface area contributed by atoms with Crippen LogP contribution in [-0.4, -0.2) is 38.9 Å². The van der Waals surface area contributed by atoms with Gasteiger partial charge in [0.25, 0.3) is 5.95 Å². The van der Waals surface area contributed by atoms with Crippen molar-refractivity contribution in [3.63, 3.8) is 0 Å². The van der Waals surface area contributed by atoms with Crippen molar-refractivity contribution in [2.75, 3.05) is 18.5 Å². The molecule has 0 aliphatic carbocycles. The van der Waals surface area contributed by atoms with Gasteiger partial charge < -0.3 is 14.8 Å². The molecule has 2 aromatic heterocycles. The van der Waals surface area contributed by atoms with Gasteiger partial charge in [-0.15, -0.1) is 0 Å². The van der Waals surface area contributed by atoms with Crippen LogP contribution in [0.15, 0.2) is 36.7 Å². The van der Waals surface area contributed by atoms with Crippen molar-refractivity contribution < 1.29 is 14.3 Å². The second kappa shape index (κ2) is 8.55. The Morgan fingerprint density at radius 1 is 1.16 bits per heavy atom. The first-order valence-electron chi connectivity index (χ1n) is 10.1. The molecule has 3 heterocycles. The van der Waals surface area contributed by atoms with Crippen LogP contribution < -0.4 is 14.8 Å². The van der Waals surface area contributed by atoms with Gasteiger partial charge in [-0.05, 0) is 23.8 Å². The number of ether oxygens (including phenoxy) is 2. The average Bonchev–Trinajstić information content (AvgIpc) is 2.99. The number of anilines is 1. The lowest BCUT2D eigenvalue weighted by Crippen LogP contribution is -2.18. The van der Waals surface area contributed by atoms with Crippen LogP contribution in [0.25, 0.3) is 5.95 Å². The molecule has 0 saturated carbocycles. The number of amides is 1. The summed E-state index contributed by atoms with van der Waals surface area (Å²) in [6.07, 6.45) is 4.16. The van der Waals surface area contributed by atoms with Crippen molar-refractivity contribution in [3.8, 4) is 17.4 Å². The number of nitrogens with one attached hydrogen (secondary N) is 1. The van der Waals surface area contributed by atoms with Gasteiger partial charge in [0.15, 0.2) is 11.5 Å². The molecule has 31 heavy (non-hydrogen) atoms. The monoisotopic (exact) mass is 441 g/mol. The SMILES string of the molecule is CC(C)(C)c1cc(NC(=O)Cc2cc(Cl)c3c(c2)OCCCO3)n(-c2ncccn2)n1. The number of halogens is 1. The van der Waals surface area contributed by atoms with Gasteiger partial charge in [0.2, 0.25) is 5.91 Å². The molecule has 162 valence electrons. The molecule has 0 unspecified atom stereocenters. The van der Waals surface area contributed by atoms with E-state index in [1.165, 1.54) is 0 Å². The second-order valence-electron chi connectivity index (χ2n) is 8.31. The highest BCUT2D eigenvalue weighted by Gasteiger charge is 2.23. The van der Waals surface area contributed by atoms with Crippen molar-refractivity contribution in [2.45, 2.75) is 39.0 Å². The van der Waals surface area contributed by atoms with Crippen LogP contribution >= 0.6 is 11.6 Å². The molecule has 1 N–H and O–H groups in total. The highest BCUT2D eigenvalue weighted by atomic mass is 35.5. The van der Waals surface area contributed by atoms with Gasteiger partial charge in [-0.25, -0.2) is 9.97 Å². The van der Waals surface area contributed by atoms with E-state index >= 15 is 0 Å². The van der Waals surface area contributed by atoms with Gasteiger partial charge in [0, 0.05) is 30.3 Å². The minimum atomic E-state index is -0.219. The topological polar surface area (TPSA) is 91.2 Å². The second-order valence-corrected chi connectivity index (χ2v) is 8.71.